The molecule has 0 radical (unpaired) electrons. The molecule has 94 valence electrons. The average molecular weight is 268 g/mol. The van der Waals surface area contributed by atoms with Crippen molar-refractivity contribution in [1.82, 2.24) is 0 Å². The van der Waals surface area contributed by atoms with Gasteiger partial charge in [0.15, 0.2) is 23.3 Å². The van der Waals surface area contributed by atoms with Gasteiger partial charge in [0.25, 0.3) is 0 Å². The molecule has 1 aromatic rings. The molecule has 0 aromatic heterocycles. The maximum absolute atomic E-state index is 13.1. The van der Waals surface area contributed by atoms with Gasteiger partial charge in [0.05, 0.1) is 4.90 Å². The fraction of sp³-hybridized carbons (Fsp3) is 0.273. The lowest BCUT2D eigenvalue weighted by Crippen LogP contribution is -2.02. The van der Waals surface area contributed by atoms with Gasteiger partial charge in [-0.15, -0.1) is 0 Å². The number of benzene rings is 1. The Bertz CT molecular complexity index is 413. The lowest BCUT2D eigenvalue weighted by molar-refractivity contribution is 0.361. The molecule has 0 N–H and O–H groups in total. The van der Waals surface area contributed by atoms with Crippen LogP contribution in [-0.2, 0) is 0 Å². The van der Waals surface area contributed by atoms with E-state index < -0.39 is 34.0 Å². The van der Waals surface area contributed by atoms with Gasteiger partial charge in [0.1, 0.15) is 0 Å². The van der Waals surface area contributed by atoms with Crippen LogP contribution in [0.3, 0.4) is 0 Å². The summed E-state index contributed by atoms with van der Waals surface area (Å²) in [5, 5.41) is 1.31. The molecule has 0 bridgehead atoms. The summed E-state index contributed by atoms with van der Waals surface area (Å²) in [6.45, 7) is 1.90. The molecule has 0 saturated heterocycles. The van der Waals surface area contributed by atoms with Gasteiger partial charge >= 0.3 is 0 Å². The number of hydrogen-bond donors (Lipinski definition) is 0. The Hall–Kier alpha value is -1.04. The Morgan fingerprint density at radius 3 is 1.82 bits per heavy atom. The van der Waals surface area contributed by atoms with Gasteiger partial charge in [0, 0.05) is 0 Å². The van der Waals surface area contributed by atoms with Gasteiger partial charge in [-0.2, -0.15) is 0 Å². The van der Waals surface area contributed by atoms with Gasteiger partial charge < -0.3 is 0 Å². The summed E-state index contributed by atoms with van der Waals surface area (Å²) in [6, 6.07) is 0. The normalized spacial score (nSPS) is 11.4. The highest BCUT2D eigenvalue weighted by Crippen LogP contribution is 2.31. The fourth-order valence-electron chi connectivity index (χ4n) is 1.04. The van der Waals surface area contributed by atoms with E-state index in [0.29, 0.717) is 18.2 Å². The Kier molecular flexibility index (Phi) is 4.99. The molecule has 0 saturated carbocycles. The van der Waals surface area contributed by atoms with Crippen LogP contribution in [0.25, 0.3) is 0 Å². The van der Waals surface area contributed by atoms with E-state index in [1.54, 1.807) is 6.08 Å². The van der Waals surface area contributed by atoms with Crippen LogP contribution in [0.1, 0.15) is 19.8 Å². The van der Waals surface area contributed by atoms with E-state index in [1.807, 2.05) is 6.92 Å². The third-order valence-corrected chi connectivity index (χ3v) is 2.83. The highest BCUT2D eigenvalue weighted by atomic mass is 32.2. The molecule has 0 fully saturated rings. The summed E-state index contributed by atoms with van der Waals surface area (Å²) in [6.07, 6.45) is 3.10. The summed E-state index contributed by atoms with van der Waals surface area (Å²) < 4.78 is 64.5. The quantitative estimate of drug-likeness (QED) is 0.327. The van der Waals surface area contributed by atoms with Crippen LogP contribution in [0.5, 0.6) is 0 Å². The zero-order valence-electron chi connectivity index (χ0n) is 8.87. The average Bonchev–Trinajstić information content (AvgIpc) is 2.33. The molecule has 1 rings (SSSR count). The lowest BCUT2D eigenvalue weighted by atomic mass is 10.3. The zero-order chi connectivity index (χ0) is 13.0. The summed E-state index contributed by atoms with van der Waals surface area (Å²) in [5.74, 6) is -9.58. The van der Waals surface area contributed by atoms with Gasteiger partial charge in [0.2, 0.25) is 5.82 Å². The van der Waals surface area contributed by atoms with Gasteiger partial charge in [-0.1, -0.05) is 31.2 Å². The fourth-order valence-corrected chi connectivity index (χ4v) is 1.79. The molecule has 0 nitrogen and oxygen atoms in total. The minimum absolute atomic E-state index is 0.473. The number of thioether (sulfide) groups is 1. The second kappa shape index (κ2) is 6.05. The molecule has 1 aromatic carbocycles. The summed E-state index contributed by atoms with van der Waals surface area (Å²) in [7, 11) is 0. The van der Waals surface area contributed by atoms with E-state index in [2.05, 4.69) is 0 Å². The second-order valence-corrected chi connectivity index (χ2v) is 4.09. The van der Waals surface area contributed by atoms with Crippen LogP contribution in [0.4, 0.5) is 22.0 Å². The van der Waals surface area contributed by atoms with Crippen molar-refractivity contribution in [3.63, 3.8) is 0 Å². The van der Waals surface area contributed by atoms with Crippen molar-refractivity contribution in [3.8, 4) is 0 Å². The van der Waals surface area contributed by atoms with E-state index in [-0.39, 0.29) is 0 Å². The molecule has 0 heterocycles. The summed E-state index contributed by atoms with van der Waals surface area (Å²) in [4.78, 5) is -0.881. The van der Waals surface area contributed by atoms with Gasteiger partial charge in [-0.05, 0) is 11.8 Å². The predicted octanol–water partition coefficient (Wildman–Crippen LogP) is 4.79. The lowest BCUT2D eigenvalue weighted by Gasteiger charge is -2.05. The van der Waals surface area contributed by atoms with Crippen molar-refractivity contribution < 1.29 is 22.0 Å². The van der Waals surface area contributed by atoms with Crippen molar-refractivity contribution in [2.75, 3.05) is 0 Å². The van der Waals surface area contributed by atoms with Gasteiger partial charge in [-0.3, -0.25) is 0 Å². The second-order valence-electron chi connectivity index (χ2n) is 3.18. The van der Waals surface area contributed by atoms with Crippen LogP contribution < -0.4 is 0 Å². The molecular formula is C11H9F5S. The molecule has 0 amide bonds. The minimum atomic E-state index is -2.14. The molecule has 6 heteroatoms. The van der Waals surface area contributed by atoms with Crippen LogP contribution in [0.15, 0.2) is 16.4 Å². The first kappa shape index (κ1) is 14.0. The van der Waals surface area contributed by atoms with Crippen LogP contribution in [0.2, 0.25) is 0 Å². The van der Waals surface area contributed by atoms with Crippen molar-refractivity contribution in [2.24, 2.45) is 0 Å². The van der Waals surface area contributed by atoms with Crippen molar-refractivity contribution in [2.45, 2.75) is 24.7 Å². The van der Waals surface area contributed by atoms with Crippen molar-refractivity contribution in [3.05, 3.63) is 40.6 Å². The first-order valence-corrected chi connectivity index (χ1v) is 5.71. The standard InChI is InChI=1S/C11H9F5S/c1-2-3-4-5-17-11-9(15)7(13)6(12)8(14)10(11)16/h4-5H,2-3H2,1H3/b5-4+. The number of halogens is 5. The maximum Gasteiger partial charge on any atom is 0.200 e. The van der Waals surface area contributed by atoms with E-state index in [1.165, 1.54) is 5.41 Å². The molecule has 17 heavy (non-hydrogen) atoms. The summed E-state index contributed by atoms with van der Waals surface area (Å²) in [5.41, 5.74) is 0. The third kappa shape index (κ3) is 3.00. The summed E-state index contributed by atoms with van der Waals surface area (Å²) >= 11 is 0.473. The van der Waals surface area contributed by atoms with E-state index in [0.717, 1.165) is 6.42 Å². The predicted molar refractivity (Wildman–Crippen MR) is 56.1 cm³/mol. The Morgan fingerprint density at radius 2 is 1.35 bits per heavy atom. The largest absolute Gasteiger partial charge is 0.202 e. The topological polar surface area (TPSA) is 0 Å². The van der Waals surface area contributed by atoms with Crippen LogP contribution in [-0.4, -0.2) is 0 Å². The molecule has 0 aliphatic heterocycles. The number of rotatable bonds is 4. The maximum atomic E-state index is 13.1. The molecule has 0 spiro atoms. The SMILES string of the molecule is CCC/C=C/Sc1c(F)c(F)c(F)c(F)c1F. The van der Waals surface area contributed by atoms with Crippen LogP contribution >= 0.6 is 11.8 Å². The Labute approximate surface area is 99.5 Å². The van der Waals surface area contributed by atoms with Crippen LogP contribution in [0, 0.1) is 29.1 Å². The van der Waals surface area contributed by atoms with E-state index in [4.69, 9.17) is 0 Å². The van der Waals surface area contributed by atoms with Crippen molar-refractivity contribution in [1.29, 1.82) is 0 Å². The van der Waals surface area contributed by atoms with Crippen molar-refractivity contribution >= 4 is 11.8 Å². The number of unbranched alkanes of at least 4 members (excludes halogenated alkanes) is 1. The molecular weight excluding hydrogens is 259 g/mol. The van der Waals surface area contributed by atoms with E-state index >= 15 is 0 Å². The minimum Gasteiger partial charge on any atom is -0.202 e. The molecule has 0 unspecified atom stereocenters. The third-order valence-electron chi connectivity index (χ3n) is 1.91. The smallest absolute Gasteiger partial charge is 0.200 e. The van der Waals surface area contributed by atoms with E-state index in [9.17, 15) is 22.0 Å². The molecule has 0 atom stereocenters. The highest BCUT2D eigenvalue weighted by molar-refractivity contribution is 8.02. The first-order valence-electron chi connectivity index (χ1n) is 4.83. The monoisotopic (exact) mass is 268 g/mol. The van der Waals surface area contributed by atoms with Gasteiger partial charge in [-0.25, -0.2) is 22.0 Å². The Morgan fingerprint density at radius 1 is 0.882 bits per heavy atom. The highest BCUT2D eigenvalue weighted by Gasteiger charge is 2.25. The zero-order valence-corrected chi connectivity index (χ0v) is 9.68. The molecule has 0 aliphatic rings. The molecule has 0 aliphatic carbocycles. The first-order chi connectivity index (χ1) is 8.00. The number of allylic oxidation sites excluding steroid dienone is 1. The Balaban J connectivity index is 3.07. The number of hydrogen-bond acceptors (Lipinski definition) is 1.